The van der Waals surface area contributed by atoms with Gasteiger partial charge in [0.25, 0.3) is 0 Å². The fourth-order valence-electron chi connectivity index (χ4n) is 5.01. The van der Waals surface area contributed by atoms with Crippen LogP contribution in [0.2, 0.25) is 0 Å². The van der Waals surface area contributed by atoms with Crippen molar-refractivity contribution in [1.29, 1.82) is 0 Å². The molecular weight excluding hydrogens is 636 g/mol. The van der Waals surface area contributed by atoms with Crippen molar-refractivity contribution in [3.8, 4) is 0 Å². The molecular formula is C36H72Na2O6P2. The summed E-state index contributed by atoms with van der Waals surface area (Å²) in [6.07, 6.45) is 44.6. The van der Waals surface area contributed by atoms with Crippen LogP contribution in [0, 0.1) is 0 Å². The summed E-state index contributed by atoms with van der Waals surface area (Å²) in [5.41, 5.74) is 0. The van der Waals surface area contributed by atoms with Crippen LogP contribution < -0.4 is 68.9 Å². The van der Waals surface area contributed by atoms with Gasteiger partial charge in [-0.3, -0.25) is 0 Å². The Morgan fingerprint density at radius 3 is 0.848 bits per heavy atom. The van der Waals surface area contributed by atoms with Crippen molar-refractivity contribution < 1.29 is 87.1 Å². The Morgan fingerprint density at radius 1 is 0.391 bits per heavy atom. The number of unbranched alkanes of at least 4 members (excludes halogenated alkanes) is 24. The van der Waals surface area contributed by atoms with Crippen molar-refractivity contribution >= 4 is 16.5 Å². The maximum atomic E-state index is 10.2. The molecule has 0 N–H and O–H groups in total. The smallest absolute Gasteiger partial charge is 0.781 e. The van der Waals surface area contributed by atoms with E-state index < -0.39 is 16.5 Å². The Morgan fingerprint density at radius 2 is 0.609 bits per heavy atom. The Hall–Kier alpha value is 1.78. The molecule has 0 heterocycles. The van der Waals surface area contributed by atoms with E-state index in [4.69, 9.17) is 0 Å². The van der Waals surface area contributed by atoms with Crippen molar-refractivity contribution in [2.45, 2.75) is 194 Å². The molecule has 0 aromatic carbocycles. The molecule has 0 aliphatic carbocycles. The second kappa shape index (κ2) is 51.2. The average Bonchev–Trinajstić information content (AvgIpc) is 3.00. The van der Waals surface area contributed by atoms with Crippen LogP contribution >= 0.6 is 16.5 Å². The topological polar surface area (TPSA) is 98.7 Å². The second-order valence-electron chi connectivity index (χ2n) is 12.1. The summed E-state index contributed by atoms with van der Waals surface area (Å²) in [6, 6.07) is 0. The minimum absolute atomic E-state index is 0. The van der Waals surface area contributed by atoms with Crippen LogP contribution in [0.25, 0.3) is 0 Å². The number of rotatable bonds is 34. The summed E-state index contributed by atoms with van der Waals surface area (Å²) >= 11 is 0. The first kappa shape index (κ1) is 54.6. The first-order valence-corrected chi connectivity index (χ1v) is 21.0. The molecule has 0 rings (SSSR count). The molecule has 10 heteroatoms. The second-order valence-corrected chi connectivity index (χ2v) is 13.6. The molecule has 0 radical (unpaired) electrons. The quantitative estimate of drug-likeness (QED) is 0.0375. The minimum Gasteiger partial charge on any atom is -0.781 e. The molecule has 0 bridgehead atoms. The molecule has 46 heavy (non-hydrogen) atoms. The molecule has 0 spiro atoms. The molecule has 2 atom stereocenters. The summed E-state index contributed by atoms with van der Waals surface area (Å²) in [6.45, 7) is 5.25. The Bertz CT molecular complexity index is 600. The summed E-state index contributed by atoms with van der Waals surface area (Å²) in [5.74, 6) is 0. The van der Waals surface area contributed by atoms with Gasteiger partial charge in [0.2, 0.25) is 0 Å². The van der Waals surface area contributed by atoms with Crippen LogP contribution in [-0.2, 0) is 18.2 Å². The van der Waals surface area contributed by atoms with Crippen LogP contribution in [0.5, 0.6) is 0 Å². The molecule has 0 saturated heterocycles. The summed E-state index contributed by atoms with van der Waals surface area (Å²) < 4.78 is 29.5. The van der Waals surface area contributed by atoms with Crippen LogP contribution in [0.1, 0.15) is 194 Å². The van der Waals surface area contributed by atoms with Crippen molar-refractivity contribution in [3.63, 3.8) is 0 Å². The SMILES string of the molecule is CCCCCCCCC=CCCCCCCCCO[PH](=O)[O-].CCCCCCCCC=CCCCCCCCCO[PH](=O)[O-].[Na+].[Na+]. The van der Waals surface area contributed by atoms with Crippen molar-refractivity contribution in [3.05, 3.63) is 24.3 Å². The van der Waals surface area contributed by atoms with Crippen LogP contribution in [-0.4, -0.2) is 13.2 Å². The van der Waals surface area contributed by atoms with Crippen LogP contribution in [0.4, 0.5) is 0 Å². The third kappa shape index (κ3) is 58.0. The van der Waals surface area contributed by atoms with E-state index in [1.807, 2.05) is 0 Å². The fourth-order valence-corrected chi connectivity index (χ4v) is 5.63. The van der Waals surface area contributed by atoms with E-state index in [2.05, 4.69) is 47.2 Å². The molecule has 0 fully saturated rings. The van der Waals surface area contributed by atoms with Gasteiger partial charge in [0.1, 0.15) is 16.5 Å². The zero-order valence-corrected chi connectivity index (χ0v) is 37.0. The largest absolute Gasteiger partial charge is 1.00 e. The number of hydrogen-bond acceptors (Lipinski definition) is 6. The molecule has 0 saturated carbocycles. The zero-order chi connectivity index (χ0) is 32.6. The zero-order valence-electron chi connectivity index (χ0n) is 31.0. The van der Waals surface area contributed by atoms with E-state index in [1.54, 1.807) is 0 Å². The first-order valence-electron chi connectivity index (χ1n) is 18.5. The van der Waals surface area contributed by atoms with Gasteiger partial charge in [0, 0.05) is 0 Å². The van der Waals surface area contributed by atoms with Gasteiger partial charge in [-0.15, -0.1) is 0 Å². The van der Waals surface area contributed by atoms with Gasteiger partial charge in [0.15, 0.2) is 0 Å². The summed E-state index contributed by atoms with van der Waals surface area (Å²) in [5, 5.41) is 0. The normalized spacial score (nSPS) is 12.4. The Kier molecular flexibility index (Phi) is 60.7. The van der Waals surface area contributed by atoms with Gasteiger partial charge in [-0.05, 0) is 64.2 Å². The van der Waals surface area contributed by atoms with E-state index in [9.17, 15) is 18.9 Å². The van der Waals surface area contributed by atoms with E-state index in [1.165, 1.54) is 154 Å². The monoisotopic (exact) mass is 708 g/mol. The van der Waals surface area contributed by atoms with E-state index in [-0.39, 0.29) is 59.1 Å². The van der Waals surface area contributed by atoms with E-state index >= 15 is 0 Å². The first-order chi connectivity index (χ1) is 21.5. The molecule has 0 aromatic rings. The predicted molar refractivity (Wildman–Crippen MR) is 189 cm³/mol. The predicted octanol–water partition coefficient (Wildman–Crippen LogP) is 5.59. The van der Waals surface area contributed by atoms with Gasteiger partial charge in [-0.1, -0.05) is 154 Å². The Balaban J connectivity index is -0.000000367. The average molecular weight is 709 g/mol. The van der Waals surface area contributed by atoms with Gasteiger partial charge in [-0.25, -0.2) is 0 Å². The molecule has 0 aliphatic rings. The number of hydrogen-bond donors (Lipinski definition) is 0. The maximum absolute atomic E-state index is 10.2. The Labute approximate surface area is 332 Å². The molecule has 264 valence electrons. The third-order valence-electron chi connectivity index (χ3n) is 7.75. The van der Waals surface area contributed by atoms with Gasteiger partial charge < -0.3 is 28.0 Å². The fraction of sp³-hybridized carbons (Fsp3) is 0.889. The van der Waals surface area contributed by atoms with Gasteiger partial charge in [-0.2, -0.15) is 0 Å². The van der Waals surface area contributed by atoms with Crippen molar-refractivity contribution in [2.24, 2.45) is 0 Å². The molecule has 0 aromatic heterocycles. The van der Waals surface area contributed by atoms with Crippen LogP contribution in [0.3, 0.4) is 0 Å². The molecule has 0 aliphatic heterocycles. The third-order valence-corrected chi connectivity index (χ3v) is 8.63. The molecule has 0 amide bonds. The van der Waals surface area contributed by atoms with Gasteiger partial charge in [0.05, 0.1) is 13.2 Å². The van der Waals surface area contributed by atoms with E-state index in [0.717, 1.165) is 25.7 Å². The maximum Gasteiger partial charge on any atom is 1.00 e. The molecule has 2 unspecified atom stereocenters. The van der Waals surface area contributed by atoms with E-state index in [0.29, 0.717) is 13.2 Å². The van der Waals surface area contributed by atoms with Gasteiger partial charge >= 0.3 is 59.1 Å². The standard InChI is InChI=1S/2C18H37O3P.2Na/c2*1-2-3-4-5-6-7-8-9-10-11-12-13-14-15-16-17-18-21-22(19)20;;/h2*9-10,22H,2-8,11-18H2,1H3,(H,19,20);;/q;;2*+1/p-2. The summed E-state index contributed by atoms with van der Waals surface area (Å²) in [7, 11) is -5.92. The van der Waals surface area contributed by atoms with Crippen molar-refractivity contribution in [2.75, 3.05) is 13.2 Å². The minimum atomic E-state index is -2.96. The summed E-state index contributed by atoms with van der Waals surface area (Å²) in [4.78, 5) is 20.4. The number of allylic oxidation sites excluding steroid dienone is 4. The van der Waals surface area contributed by atoms with Crippen molar-refractivity contribution in [1.82, 2.24) is 0 Å². The van der Waals surface area contributed by atoms with Crippen LogP contribution in [0.15, 0.2) is 24.3 Å². The molecule has 6 nitrogen and oxygen atoms in total.